The second kappa shape index (κ2) is 6.62. The Morgan fingerprint density at radius 1 is 1.32 bits per heavy atom. The van der Waals surface area contributed by atoms with Gasteiger partial charge in [-0.25, -0.2) is 9.97 Å². The lowest BCUT2D eigenvalue weighted by atomic mass is 10.2. The first-order chi connectivity index (χ1) is 10.3. The van der Waals surface area contributed by atoms with E-state index in [-0.39, 0.29) is 11.7 Å². The molecule has 1 atom stereocenters. The summed E-state index contributed by atoms with van der Waals surface area (Å²) < 4.78 is 49.1. The monoisotopic (exact) mass is 349 g/mol. The first kappa shape index (κ1) is 16.7. The van der Waals surface area contributed by atoms with Crippen molar-refractivity contribution in [2.24, 2.45) is 0 Å². The van der Waals surface area contributed by atoms with Crippen molar-refractivity contribution in [1.29, 1.82) is 0 Å². The molecule has 1 unspecified atom stereocenters. The lowest BCUT2D eigenvalue weighted by Crippen LogP contribution is -2.10. The Labute approximate surface area is 132 Å². The third kappa shape index (κ3) is 4.41. The van der Waals surface area contributed by atoms with Gasteiger partial charge < -0.3 is 5.32 Å². The summed E-state index contributed by atoms with van der Waals surface area (Å²) in [6.45, 7) is 0. The second-order valence-electron chi connectivity index (χ2n) is 4.41. The molecule has 0 saturated carbocycles. The zero-order valence-corrected chi connectivity index (χ0v) is 12.9. The van der Waals surface area contributed by atoms with Crippen molar-refractivity contribution in [1.82, 2.24) is 9.97 Å². The lowest BCUT2D eigenvalue weighted by Gasteiger charge is -2.10. The first-order valence-corrected chi connectivity index (χ1v) is 8.12. The van der Waals surface area contributed by atoms with Crippen LogP contribution >= 0.6 is 11.6 Å². The predicted molar refractivity (Wildman–Crippen MR) is 79.5 cm³/mol. The number of anilines is 2. The number of alkyl halides is 3. The normalized spacial score (nSPS) is 13.0. The standard InChI is InChI=1S/C13H11ClF3N3OS/c1-22(21)7-8-6-9(2-3-10(8)14)19-12-18-5-4-11(20-12)13(15,16)17/h2-6H,7H2,1H3,(H,18,19,20). The summed E-state index contributed by atoms with van der Waals surface area (Å²) in [6, 6.07) is 5.54. The maximum Gasteiger partial charge on any atom is 0.433 e. The number of nitrogens with zero attached hydrogens (tertiary/aromatic N) is 2. The molecule has 0 spiro atoms. The minimum Gasteiger partial charge on any atom is -0.324 e. The molecule has 0 saturated heterocycles. The smallest absolute Gasteiger partial charge is 0.324 e. The Hall–Kier alpha value is -1.67. The fourth-order valence-electron chi connectivity index (χ4n) is 1.69. The minimum atomic E-state index is -4.54. The van der Waals surface area contributed by atoms with Crippen LogP contribution in [0.15, 0.2) is 30.5 Å². The van der Waals surface area contributed by atoms with E-state index in [9.17, 15) is 17.4 Å². The van der Waals surface area contributed by atoms with Gasteiger partial charge in [0.15, 0.2) is 0 Å². The molecule has 9 heteroatoms. The van der Waals surface area contributed by atoms with Gasteiger partial charge in [-0.05, 0) is 29.8 Å². The molecule has 0 aliphatic rings. The van der Waals surface area contributed by atoms with E-state index < -0.39 is 22.7 Å². The summed E-state index contributed by atoms with van der Waals surface area (Å²) in [6.07, 6.45) is -1.98. The molecule has 0 bridgehead atoms. The van der Waals surface area contributed by atoms with Gasteiger partial charge in [0, 0.05) is 39.7 Å². The molecular formula is C13H11ClF3N3OS. The molecule has 0 aliphatic heterocycles. The molecular weight excluding hydrogens is 339 g/mol. The number of benzene rings is 1. The van der Waals surface area contributed by atoms with Gasteiger partial charge in [-0.1, -0.05) is 11.6 Å². The summed E-state index contributed by atoms with van der Waals surface area (Å²) in [7, 11) is -1.09. The van der Waals surface area contributed by atoms with Gasteiger partial charge in [-0.2, -0.15) is 13.2 Å². The largest absolute Gasteiger partial charge is 0.433 e. The van der Waals surface area contributed by atoms with Crippen LogP contribution in [-0.4, -0.2) is 20.4 Å². The lowest BCUT2D eigenvalue weighted by molar-refractivity contribution is -0.141. The Morgan fingerprint density at radius 2 is 2.05 bits per heavy atom. The maximum absolute atomic E-state index is 12.6. The van der Waals surface area contributed by atoms with Gasteiger partial charge in [-0.15, -0.1) is 0 Å². The molecule has 2 aromatic rings. The highest BCUT2D eigenvalue weighted by atomic mass is 35.5. The molecule has 0 fully saturated rings. The Bertz CT molecular complexity index is 709. The topological polar surface area (TPSA) is 54.9 Å². The van der Waals surface area contributed by atoms with Crippen molar-refractivity contribution < 1.29 is 17.4 Å². The van der Waals surface area contributed by atoms with Gasteiger partial charge >= 0.3 is 6.18 Å². The van der Waals surface area contributed by atoms with E-state index >= 15 is 0 Å². The van der Waals surface area contributed by atoms with Crippen LogP contribution < -0.4 is 5.32 Å². The molecule has 1 aromatic heterocycles. The van der Waals surface area contributed by atoms with Crippen LogP contribution in [0.3, 0.4) is 0 Å². The first-order valence-electron chi connectivity index (χ1n) is 6.01. The molecule has 0 aliphatic carbocycles. The zero-order chi connectivity index (χ0) is 16.3. The van der Waals surface area contributed by atoms with E-state index in [1.807, 2.05) is 0 Å². The molecule has 1 N–H and O–H groups in total. The van der Waals surface area contributed by atoms with E-state index in [2.05, 4.69) is 15.3 Å². The summed E-state index contributed by atoms with van der Waals surface area (Å²) in [5, 5.41) is 3.11. The highest BCUT2D eigenvalue weighted by Gasteiger charge is 2.32. The van der Waals surface area contributed by atoms with Crippen molar-refractivity contribution >= 4 is 34.0 Å². The van der Waals surface area contributed by atoms with E-state index in [0.29, 0.717) is 16.3 Å². The van der Waals surface area contributed by atoms with Gasteiger partial charge in [-0.3, -0.25) is 4.21 Å². The molecule has 1 aromatic carbocycles. The second-order valence-corrected chi connectivity index (χ2v) is 6.25. The highest BCUT2D eigenvalue weighted by molar-refractivity contribution is 7.83. The van der Waals surface area contributed by atoms with Gasteiger partial charge in [0.2, 0.25) is 5.95 Å². The third-order valence-corrected chi connectivity index (χ3v) is 3.69. The minimum absolute atomic E-state index is 0.180. The summed E-state index contributed by atoms with van der Waals surface area (Å²) >= 11 is 5.99. The Balaban J connectivity index is 2.26. The molecule has 0 amide bonds. The van der Waals surface area contributed by atoms with Gasteiger partial charge in [0.25, 0.3) is 0 Å². The number of aromatic nitrogens is 2. The number of halogens is 4. The van der Waals surface area contributed by atoms with Crippen LogP contribution in [0.5, 0.6) is 0 Å². The van der Waals surface area contributed by atoms with Crippen LogP contribution in [-0.2, 0) is 22.7 Å². The molecule has 118 valence electrons. The van der Waals surface area contributed by atoms with Gasteiger partial charge in [0.1, 0.15) is 5.69 Å². The quantitative estimate of drug-likeness (QED) is 0.913. The van der Waals surface area contributed by atoms with Crippen LogP contribution in [0.4, 0.5) is 24.8 Å². The van der Waals surface area contributed by atoms with Crippen molar-refractivity contribution in [2.45, 2.75) is 11.9 Å². The average Bonchev–Trinajstić information content (AvgIpc) is 2.41. The zero-order valence-electron chi connectivity index (χ0n) is 11.3. The molecule has 22 heavy (non-hydrogen) atoms. The predicted octanol–water partition coefficient (Wildman–Crippen LogP) is 3.77. The number of rotatable bonds is 4. The van der Waals surface area contributed by atoms with Crippen LogP contribution in [0.2, 0.25) is 5.02 Å². The van der Waals surface area contributed by atoms with Crippen molar-refractivity contribution in [3.05, 3.63) is 46.7 Å². The fourth-order valence-corrected chi connectivity index (χ4v) is 2.63. The third-order valence-electron chi connectivity index (χ3n) is 2.61. The number of hydrogen-bond donors (Lipinski definition) is 1. The summed E-state index contributed by atoms with van der Waals surface area (Å²) in [5.41, 5.74) is 0.0532. The van der Waals surface area contributed by atoms with Crippen molar-refractivity contribution in [3.8, 4) is 0 Å². The Kier molecular flexibility index (Phi) is 5.02. The molecule has 2 rings (SSSR count). The molecule has 4 nitrogen and oxygen atoms in total. The number of nitrogens with one attached hydrogen (secondary N) is 1. The van der Waals surface area contributed by atoms with E-state index in [0.717, 1.165) is 12.3 Å². The number of hydrogen-bond acceptors (Lipinski definition) is 4. The van der Waals surface area contributed by atoms with Crippen LogP contribution in [0.1, 0.15) is 11.3 Å². The van der Waals surface area contributed by atoms with Crippen molar-refractivity contribution in [2.75, 3.05) is 11.6 Å². The molecule has 1 heterocycles. The average molecular weight is 350 g/mol. The van der Waals surface area contributed by atoms with E-state index in [1.54, 1.807) is 18.2 Å². The Morgan fingerprint density at radius 3 is 2.68 bits per heavy atom. The van der Waals surface area contributed by atoms with Crippen LogP contribution in [0, 0.1) is 0 Å². The summed E-state index contributed by atoms with van der Waals surface area (Å²) in [5.74, 6) is 0.0679. The van der Waals surface area contributed by atoms with E-state index in [4.69, 9.17) is 11.6 Å². The SMILES string of the molecule is CS(=O)Cc1cc(Nc2nccc(C(F)(F)F)n2)ccc1Cl. The fraction of sp³-hybridized carbons (Fsp3) is 0.231. The highest BCUT2D eigenvalue weighted by Crippen LogP contribution is 2.28. The van der Waals surface area contributed by atoms with Crippen LogP contribution in [0.25, 0.3) is 0 Å². The maximum atomic E-state index is 12.6. The van der Waals surface area contributed by atoms with Crippen molar-refractivity contribution in [3.63, 3.8) is 0 Å². The van der Waals surface area contributed by atoms with Gasteiger partial charge in [0.05, 0.1) is 0 Å². The van der Waals surface area contributed by atoms with E-state index in [1.165, 1.54) is 6.26 Å². The molecule has 0 radical (unpaired) electrons. The summed E-state index contributed by atoms with van der Waals surface area (Å²) in [4.78, 5) is 7.16.